The van der Waals surface area contributed by atoms with E-state index in [1.165, 1.54) is 5.56 Å². The van der Waals surface area contributed by atoms with Gasteiger partial charge in [-0.15, -0.1) is 0 Å². The molecule has 2 amide bonds. The van der Waals surface area contributed by atoms with Crippen molar-refractivity contribution in [2.24, 2.45) is 11.7 Å². The van der Waals surface area contributed by atoms with Gasteiger partial charge in [-0.3, -0.25) is 9.59 Å². The maximum atomic E-state index is 12.5. The molecule has 1 aliphatic rings. The normalized spacial score (nSPS) is 14.9. The number of benzene rings is 2. The molecular formula is C25H34N4O2. The fraction of sp³-hybridized carbons (Fsp3) is 0.440. The van der Waals surface area contributed by atoms with Crippen LogP contribution in [0.4, 0.5) is 11.4 Å². The van der Waals surface area contributed by atoms with Crippen molar-refractivity contribution in [3.05, 3.63) is 59.7 Å². The quantitative estimate of drug-likeness (QED) is 0.648. The molecule has 2 aromatic carbocycles. The average molecular weight is 423 g/mol. The van der Waals surface area contributed by atoms with Crippen LogP contribution in [-0.4, -0.2) is 49.9 Å². The Morgan fingerprint density at radius 3 is 2.29 bits per heavy atom. The third-order valence-corrected chi connectivity index (χ3v) is 6.05. The minimum Gasteiger partial charge on any atom is -0.375 e. The standard InChI is InChI=1S/C25H34N4O2/c1-3-15-28(2)23-10-6-21(7-11-23)25(31)27-22-8-4-19(5-9-22)12-16-29-17-13-20(14-18-29)24(26)30/h4-11,20H,3,12-18H2,1-2H3,(H2,26,30)(H,27,31). The second kappa shape index (κ2) is 11.0. The molecule has 0 spiro atoms. The second-order valence-electron chi connectivity index (χ2n) is 8.39. The van der Waals surface area contributed by atoms with Gasteiger partial charge < -0.3 is 20.9 Å². The van der Waals surface area contributed by atoms with Crippen LogP contribution >= 0.6 is 0 Å². The number of carbonyl (C=O) groups excluding carboxylic acids is 2. The fourth-order valence-electron chi connectivity index (χ4n) is 4.02. The van der Waals surface area contributed by atoms with Gasteiger partial charge in [-0.05, 0) is 80.7 Å². The summed E-state index contributed by atoms with van der Waals surface area (Å²) in [6.07, 6.45) is 3.75. The van der Waals surface area contributed by atoms with Gasteiger partial charge in [-0.2, -0.15) is 0 Å². The Balaban J connectivity index is 1.47. The maximum Gasteiger partial charge on any atom is 0.255 e. The summed E-state index contributed by atoms with van der Waals surface area (Å²) in [6.45, 7) is 5.96. The highest BCUT2D eigenvalue weighted by molar-refractivity contribution is 6.04. The number of carbonyl (C=O) groups is 2. The van der Waals surface area contributed by atoms with Gasteiger partial charge in [0.05, 0.1) is 0 Å². The predicted octanol–water partition coefficient (Wildman–Crippen LogP) is 3.52. The van der Waals surface area contributed by atoms with Gasteiger partial charge in [-0.25, -0.2) is 0 Å². The number of hydrogen-bond donors (Lipinski definition) is 2. The van der Waals surface area contributed by atoms with E-state index in [4.69, 9.17) is 5.73 Å². The molecule has 1 saturated heterocycles. The first-order valence-electron chi connectivity index (χ1n) is 11.2. The maximum absolute atomic E-state index is 12.5. The Bertz CT molecular complexity index is 856. The average Bonchev–Trinajstić information content (AvgIpc) is 2.79. The van der Waals surface area contributed by atoms with Crippen molar-refractivity contribution in [2.75, 3.05) is 43.4 Å². The zero-order chi connectivity index (χ0) is 22.2. The van der Waals surface area contributed by atoms with Crippen LogP contribution in [0, 0.1) is 5.92 Å². The summed E-state index contributed by atoms with van der Waals surface area (Å²) in [4.78, 5) is 28.4. The van der Waals surface area contributed by atoms with E-state index in [1.807, 2.05) is 36.4 Å². The number of piperidine rings is 1. The fourth-order valence-corrected chi connectivity index (χ4v) is 4.02. The molecule has 1 fully saturated rings. The number of anilines is 2. The molecule has 166 valence electrons. The Morgan fingerprint density at radius 2 is 1.71 bits per heavy atom. The molecule has 1 heterocycles. The van der Waals surface area contributed by atoms with E-state index in [-0.39, 0.29) is 17.7 Å². The lowest BCUT2D eigenvalue weighted by Crippen LogP contribution is -2.39. The number of likely N-dealkylation sites (tertiary alicyclic amines) is 1. The number of nitrogens with two attached hydrogens (primary N) is 1. The molecule has 0 aliphatic carbocycles. The van der Waals surface area contributed by atoms with Crippen molar-refractivity contribution in [1.29, 1.82) is 0 Å². The van der Waals surface area contributed by atoms with Gasteiger partial charge in [0, 0.05) is 43.0 Å². The largest absolute Gasteiger partial charge is 0.375 e. The summed E-state index contributed by atoms with van der Waals surface area (Å²) >= 11 is 0. The highest BCUT2D eigenvalue weighted by atomic mass is 16.2. The molecule has 3 rings (SSSR count). The first-order valence-corrected chi connectivity index (χ1v) is 11.2. The van der Waals surface area contributed by atoms with E-state index in [2.05, 4.69) is 41.2 Å². The lowest BCUT2D eigenvalue weighted by molar-refractivity contribution is -0.123. The summed E-state index contributed by atoms with van der Waals surface area (Å²) in [6, 6.07) is 15.7. The van der Waals surface area contributed by atoms with Crippen molar-refractivity contribution in [2.45, 2.75) is 32.6 Å². The smallest absolute Gasteiger partial charge is 0.255 e. The monoisotopic (exact) mass is 422 g/mol. The number of hydrogen-bond acceptors (Lipinski definition) is 4. The van der Waals surface area contributed by atoms with Crippen LogP contribution in [0.5, 0.6) is 0 Å². The number of amides is 2. The number of nitrogens with one attached hydrogen (secondary N) is 1. The summed E-state index contributed by atoms with van der Waals surface area (Å²) in [5, 5.41) is 2.97. The van der Waals surface area contributed by atoms with Gasteiger partial charge in [0.15, 0.2) is 0 Å². The Morgan fingerprint density at radius 1 is 1.06 bits per heavy atom. The second-order valence-corrected chi connectivity index (χ2v) is 8.39. The number of nitrogens with zero attached hydrogens (tertiary/aromatic N) is 2. The van der Waals surface area contributed by atoms with E-state index < -0.39 is 0 Å². The van der Waals surface area contributed by atoms with Crippen LogP contribution in [0.25, 0.3) is 0 Å². The van der Waals surface area contributed by atoms with Gasteiger partial charge >= 0.3 is 0 Å². The molecular weight excluding hydrogens is 388 g/mol. The van der Waals surface area contributed by atoms with Crippen LogP contribution < -0.4 is 16.0 Å². The first-order chi connectivity index (χ1) is 15.0. The zero-order valence-electron chi connectivity index (χ0n) is 18.6. The lowest BCUT2D eigenvalue weighted by Gasteiger charge is -2.30. The molecule has 6 nitrogen and oxygen atoms in total. The molecule has 0 atom stereocenters. The molecule has 2 aromatic rings. The van der Waals surface area contributed by atoms with Crippen molar-refractivity contribution in [3.63, 3.8) is 0 Å². The lowest BCUT2D eigenvalue weighted by atomic mass is 9.96. The van der Waals surface area contributed by atoms with Crippen LogP contribution in [-0.2, 0) is 11.2 Å². The SMILES string of the molecule is CCCN(C)c1ccc(C(=O)Nc2ccc(CCN3CCC(C(N)=O)CC3)cc2)cc1. The van der Waals surface area contributed by atoms with Gasteiger partial charge in [0.1, 0.15) is 0 Å². The molecule has 0 radical (unpaired) electrons. The highest BCUT2D eigenvalue weighted by Gasteiger charge is 2.22. The van der Waals surface area contributed by atoms with E-state index in [1.54, 1.807) is 0 Å². The van der Waals surface area contributed by atoms with Crippen molar-refractivity contribution >= 4 is 23.2 Å². The molecule has 0 unspecified atom stereocenters. The van der Waals surface area contributed by atoms with Crippen molar-refractivity contribution in [1.82, 2.24) is 4.90 Å². The third-order valence-electron chi connectivity index (χ3n) is 6.05. The highest BCUT2D eigenvalue weighted by Crippen LogP contribution is 2.18. The number of primary amides is 1. The summed E-state index contributed by atoms with van der Waals surface area (Å²) in [5.41, 5.74) is 9.20. The molecule has 0 bridgehead atoms. The minimum absolute atomic E-state index is 0.0348. The first kappa shape index (κ1) is 22.8. The van der Waals surface area contributed by atoms with E-state index in [0.717, 1.165) is 63.2 Å². The Hall–Kier alpha value is -2.86. The van der Waals surface area contributed by atoms with Crippen LogP contribution in [0.3, 0.4) is 0 Å². The Kier molecular flexibility index (Phi) is 8.06. The Labute approximate surface area is 185 Å². The molecule has 0 saturated carbocycles. The predicted molar refractivity (Wildman–Crippen MR) is 126 cm³/mol. The molecule has 6 heteroatoms. The van der Waals surface area contributed by atoms with E-state index in [9.17, 15) is 9.59 Å². The van der Waals surface area contributed by atoms with Crippen LogP contribution in [0.15, 0.2) is 48.5 Å². The summed E-state index contributed by atoms with van der Waals surface area (Å²) in [7, 11) is 2.06. The van der Waals surface area contributed by atoms with E-state index in [0.29, 0.717) is 5.56 Å². The third kappa shape index (κ3) is 6.56. The van der Waals surface area contributed by atoms with Crippen molar-refractivity contribution in [3.8, 4) is 0 Å². The zero-order valence-corrected chi connectivity index (χ0v) is 18.6. The minimum atomic E-state index is -0.169. The molecule has 31 heavy (non-hydrogen) atoms. The number of rotatable bonds is 9. The van der Waals surface area contributed by atoms with Gasteiger partial charge in [0.2, 0.25) is 5.91 Å². The summed E-state index contributed by atoms with van der Waals surface area (Å²) in [5.74, 6) is -0.237. The van der Waals surface area contributed by atoms with Gasteiger partial charge in [0.25, 0.3) is 5.91 Å². The van der Waals surface area contributed by atoms with Crippen LogP contribution in [0.1, 0.15) is 42.1 Å². The molecule has 0 aromatic heterocycles. The van der Waals surface area contributed by atoms with E-state index >= 15 is 0 Å². The molecule has 1 aliphatic heterocycles. The topological polar surface area (TPSA) is 78.7 Å². The molecule has 3 N–H and O–H groups in total. The van der Waals surface area contributed by atoms with Gasteiger partial charge in [-0.1, -0.05) is 19.1 Å². The summed E-state index contributed by atoms with van der Waals surface area (Å²) < 4.78 is 0. The van der Waals surface area contributed by atoms with Crippen molar-refractivity contribution < 1.29 is 9.59 Å². The van der Waals surface area contributed by atoms with Crippen LogP contribution in [0.2, 0.25) is 0 Å².